The monoisotopic (exact) mass is 457 g/mol. The lowest BCUT2D eigenvalue weighted by molar-refractivity contribution is -0.117. The second-order valence-electron chi connectivity index (χ2n) is 8.73. The first-order valence-electron chi connectivity index (χ1n) is 11.7. The molecular weight excluding hydrogens is 426 g/mol. The van der Waals surface area contributed by atoms with Crippen LogP contribution >= 0.6 is 0 Å². The molecule has 1 fully saturated rings. The molecule has 1 saturated carbocycles. The number of carbonyl (C=O) groups excluding carboxylic acids is 2. The molecule has 4 rings (SSSR count). The fourth-order valence-corrected chi connectivity index (χ4v) is 4.12. The molecule has 1 aliphatic carbocycles. The minimum atomic E-state index is -0.239. The zero-order valence-electron chi connectivity index (χ0n) is 19.5. The van der Waals surface area contributed by atoms with Crippen LogP contribution in [-0.4, -0.2) is 36.9 Å². The molecule has 0 spiro atoms. The van der Waals surface area contributed by atoms with Gasteiger partial charge >= 0.3 is 0 Å². The van der Waals surface area contributed by atoms with Crippen LogP contribution in [0.2, 0.25) is 0 Å². The number of methoxy groups -OCH3 is 1. The molecular formula is C28H31N3O3. The van der Waals surface area contributed by atoms with Crippen LogP contribution in [0.5, 0.6) is 5.75 Å². The largest absolute Gasteiger partial charge is 0.495 e. The van der Waals surface area contributed by atoms with Gasteiger partial charge in [0, 0.05) is 24.3 Å². The first kappa shape index (κ1) is 23.5. The molecule has 0 unspecified atom stereocenters. The normalized spacial score (nSPS) is 13.2. The molecule has 3 aromatic rings. The molecule has 0 aromatic heterocycles. The number of hydrogen-bond donors (Lipinski definition) is 2. The molecule has 0 radical (unpaired) electrons. The molecule has 6 heteroatoms. The Morgan fingerprint density at radius 2 is 1.62 bits per heavy atom. The number of nitrogens with zero attached hydrogens (tertiary/aromatic N) is 1. The SMILES string of the molecule is COc1ccccc1NC(=O)c1ccc(NC(=O)CN(Cc2ccccc2)CC2CCC2)cc1. The van der Waals surface area contributed by atoms with E-state index in [1.807, 2.05) is 30.3 Å². The van der Waals surface area contributed by atoms with Gasteiger partial charge in [-0.05, 0) is 60.7 Å². The van der Waals surface area contributed by atoms with Crippen LogP contribution < -0.4 is 15.4 Å². The van der Waals surface area contributed by atoms with Crippen molar-refractivity contribution >= 4 is 23.2 Å². The van der Waals surface area contributed by atoms with E-state index in [1.165, 1.54) is 24.8 Å². The maximum Gasteiger partial charge on any atom is 0.255 e. The number of hydrogen-bond acceptors (Lipinski definition) is 4. The van der Waals surface area contributed by atoms with Gasteiger partial charge in [-0.3, -0.25) is 14.5 Å². The average molecular weight is 458 g/mol. The van der Waals surface area contributed by atoms with Crippen molar-refractivity contribution in [3.8, 4) is 5.75 Å². The van der Waals surface area contributed by atoms with Gasteiger partial charge in [0.05, 0.1) is 19.3 Å². The molecule has 0 heterocycles. The summed E-state index contributed by atoms with van der Waals surface area (Å²) < 4.78 is 5.28. The minimum Gasteiger partial charge on any atom is -0.495 e. The predicted molar refractivity (Wildman–Crippen MR) is 135 cm³/mol. The third-order valence-corrected chi connectivity index (χ3v) is 6.14. The van der Waals surface area contributed by atoms with Crippen LogP contribution in [0.25, 0.3) is 0 Å². The van der Waals surface area contributed by atoms with Crippen LogP contribution in [0.4, 0.5) is 11.4 Å². The molecule has 176 valence electrons. The summed E-state index contributed by atoms with van der Waals surface area (Å²) in [6.45, 7) is 2.03. The zero-order valence-corrected chi connectivity index (χ0v) is 19.5. The molecule has 0 bridgehead atoms. The number of anilines is 2. The lowest BCUT2D eigenvalue weighted by Crippen LogP contribution is -2.37. The quantitative estimate of drug-likeness (QED) is 0.440. The van der Waals surface area contributed by atoms with Gasteiger partial charge in [0.15, 0.2) is 0 Å². The number of rotatable bonds is 10. The van der Waals surface area contributed by atoms with Crippen LogP contribution in [0, 0.1) is 5.92 Å². The van der Waals surface area contributed by atoms with E-state index in [0.717, 1.165) is 13.1 Å². The van der Waals surface area contributed by atoms with E-state index < -0.39 is 0 Å². The van der Waals surface area contributed by atoms with Crippen molar-refractivity contribution in [1.29, 1.82) is 0 Å². The molecule has 6 nitrogen and oxygen atoms in total. The first-order valence-corrected chi connectivity index (χ1v) is 11.7. The van der Waals surface area contributed by atoms with Crippen molar-refractivity contribution < 1.29 is 14.3 Å². The molecule has 0 saturated heterocycles. The topological polar surface area (TPSA) is 70.7 Å². The van der Waals surface area contributed by atoms with E-state index in [4.69, 9.17) is 4.74 Å². The third-order valence-electron chi connectivity index (χ3n) is 6.14. The van der Waals surface area contributed by atoms with Crippen molar-refractivity contribution in [2.24, 2.45) is 5.92 Å². The highest BCUT2D eigenvalue weighted by Crippen LogP contribution is 2.27. The van der Waals surface area contributed by atoms with Gasteiger partial charge < -0.3 is 15.4 Å². The summed E-state index contributed by atoms with van der Waals surface area (Å²) >= 11 is 0. The standard InChI is InChI=1S/C28H31N3O3/c1-34-26-13-6-5-12-25(26)30-28(33)23-14-16-24(17-15-23)29-27(32)20-31(19-22-10-7-11-22)18-21-8-3-2-4-9-21/h2-6,8-9,12-17,22H,7,10-11,18-20H2,1H3,(H,29,32)(H,30,33). The van der Waals surface area contributed by atoms with Gasteiger partial charge in [0.2, 0.25) is 5.91 Å². The van der Waals surface area contributed by atoms with Gasteiger partial charge in [0.1, 0.15) is 5.75 Å². The Morgan fingerprint density at radius 3 is 2.29 bits per heavy atom. The molecule has 0 aliphatic heterocycles. The molecule has 34 heavy (non-hydrogen) atoms. The number of nitrogens with one attached hydrogen (secondary N) is 2. The average Bonchev–Trinajstić information content (AvgIpc) is 2.82. The van der Waals surface area contributed by atoms with Crippen LogP contribution in [0.15, 0.2) is 78.9 Å². The van der Waals surface area contributed by atoms with Crippen molar-refractivity contribution in [2.75, 3.05) is 30.8 Å². The summed E-state index contributed by atoms with van der Waals surface area (Å²) in [5.41, 5.74) is 2.99. The van der Waals surface area contributed by atoms with Crippen molar-refractivity contribution in [3.05, 3.63) is 90.0 Å². The Balaban J connectivity index is 1.34. The third kappa shape index (κ3) is 6.45. The highest BCUT2D eigenvalue weighted by atomic mass is 16.5. The fraction of sp³-hybridized carbons (Fsp3) is 0.286. The van der Waals surface area contributed by atoms with Gasteiger partial charge in [-0.25, -0.2) is 0 Å². The molecule has 2 amide bonds. The predicted octanol–water partition coefficient (Wildman–Crippen LogP) is 5.19. The maximum absolute atomic E-state index is 12.8. The van der Waals surface area contributed by atoms with Gasteiger partial charge in [-0.15, -0.1) is 0 Å². The van der Waals surface area contributed by atoms with Crippen LogP contribution in [0.1, 0.15) is 35.2 Å². The Morgan fingerprint density at radius 1 is 0.912 bits per heavy atom. The van der Waals surface area contributed by atoms with Crippen molar-refractivity contribution in [3.63, 3.8) is 0 Å². The van der Waals surface area contributed by atoms with Crippen molar-refractivity contribution in [2.45, 2.75) is 25.8 Å². The smallest absolute Gasteiger partial charge is 0.255 e. The first-order chi connectivity index (χ1) is 16.6. The van der Waals surface area contributed by atoms with E-state index in [1.54, 1.807) is 43.5 Å². The lowest BCUT2D eigenvalue weighted by Gasteiger charge is -2.32. The van der Waals surface area contributed by atoms with Crippen LogP contribution in [0.3, 0.4) is 0 Å². The van der Waals surface area contributed by atoms with Gasteiger partial charge in [0.25, 0.3) is 5.91 Å². The second kappa shape index (κ2) is 11.5. The second-order valence-corrected chi connectivity index (χ2v) is 8.73. The summed E-state index contributed by atoms with van der Waals surface area (Å²) in [4.78, 5) is 27.6. The Hall–Kier alpha value is -3.64. The van der Waals surface area contributed by atoms with E-state index in [9.17, 15) is 9.59 Å². The van der Waals surface area contributed by atoms with Gasteiger partial charge in [-0.2, -0.15) is 0 Å². The maximum atomic E-state index is 12.8. The summed E-state index contributed by atoms with van der Waals surface area (Å²) in [5, 5.41) is 5.83. The summed E-state index contributed by atoms with van der Waals surface area (Å²) in [6.07, 6.45) is 3.77. The number of para-hydroxylation sites is 2. The van der Waals surface area contributed by atoms with E-state index in [0.29, 0.717) is 35.2 Å². The van der Waals surface area contributed by atoms with E-state index in [2.05, 4.69) is 27.7 Å². The zero-order chi connectivity index (χ0) is 23.8. The number of benzene rings is 3. The Kier molecular flexibility index (Phi) is 7.94. The number of amides is 2. The Bertz CT molecular complexity index is 1100. The highest BCUT2D eigenvalue weighted by molar-refractivity contribution is 6.05. The summed E-state index contributed by atoms with van der Waals surface area (Å²) in [5.74, 6) is 0.984. The lowest BCUT2D eigenvalue weighted by atomic mass is 9.85. The summed E-state index contributed by atoms with van der Waals surface area (Å²) in [6, 6.07) is 24.4. The minimum absolute atomic E-state index is 0.0542. The van der Waals surface area contributed by atoms with Crippen LogP contribution in [-0.2, 0) is 11.3 Å². The molecule has 2 N–H and O–H groups in total. The fourth-order valence-electron chi connectivity index (χ4n) is 4.12. The van der Waals surface area contributed by atoms with E-state index >= 15 is 0 Å². The highest BCUT2D eigenvalue weighted by Gasteiger charge is 2.22. The number of ether oxygens (including phenoxy) is 1. The molecule has 1 aliphatic rings. The molecule has 3 aromatic carbocycles. The van der Waals surface area contributed by atoms with Gasteiger partial charge in [-0.1, -0.05) is 48.9 Å². The molecule has 0 atom stereocenters. The van der Waals surface area contributed by atoms with E-state index in [-0.39, 0.29) is 11.8 Å². The Labute approximate surface area is 200 Å². The number of carbonyl (C=O) groups is 2. The summed E-state index contributed by atoms with van der Waals surface area (Å²) in [7, 11) is 1.57. The van der Waals surface area contributed by atoms with Crippen molar-refractivity contribution in [1.82, 2.24) is 4.90 Å².